The number of hydrogen-bond donors (Lipinski definition) is 0. The van der Waals surface area contributed by atoms with Gasteiger partial charge in [-0.05, 0) is 60.5 Å². The molecular weight excluding hydrogens is 601 g/mol. The van der Waals surface area contributed by atoms with Gasteiger partial charge in [0.2, 0.25) is 11.7 Å². The van der Waals surface area contributed by atoms with Crippen molar-refractivity contribution in [3.8, 4) is 0 Å². The zero-order chi connectivity index (χ0) is 31.5. The highest BCUT2D eigenvalue weighted by molar-refractivity contribution is 7.97. The number of aromatic nitrogens is 3. The van der Waals surface area contributed by atoms with Crippen LogP contribution in [-0.2, 0) is 18.4 Å². The summed E-state index contributed by atoms with van der Waals surface area (Å²) < 4.78 is 72.5. The van der Waals surface area contributed by atoms with Crippen LogP contribution in [0.4, 0.5) is 27.6 Å². The molecule has 0 atom stereocenters. The Morgan fingerprint density at radius 3 is 2.27 bits per heavy atom. The lowest BCUT2D eigenvalue weighted by atomic mass is 9.85. The van der Waals surface area contributed by atoms with Crippen molar-refractivity contribution in [3.63, 3.8) is 0 Å². The molecule has 232 valence electrons. The fourth-order valence-corrected chi connectivity index (χ4v) is 6.23. The maximum atomic E-state index is 14.4. The maximum absolute atomic E-state index is 14.4. The van der Waals surface area contributed by atoms with Gasteiger partial charge in [0.05, 0.1) is 30.4 Å². The molecule has 1 saturated carbocycles. The van der Waals surface area contributed by atoms with Crippen LogP contribution in [0.2, 0.25) is 0 Å². The first-order valence-corrected chi connectivity index (χ1v) is 15.0. The largest absolute Gasteiger partial charge is 0.305 e. The highest BCUT2D eigenvalue weighted by Gasteiger charge is 2.29. The van der Waals surface area contributed by atoms with E-state index in [-0.39, 0.29) is 30.6 Å². The molecule has 2 aromatic heterocycles. The molecule has 13 heteroatoms. The van der Waals surface area contributed by atoms with Crippen LogP contribution in [0, 0.1) is 29.1 Å². The number of carbonyl (C=O) groups is 1. The number of benzene rings is 2. The van der Waals surface area contributed by atoms with Gasteiger partial charge in [0, 0.05) is 30.9 Å². The minimum atomic E-state index is -2.25. The first kappa shape index (κ1) is 31.6. The minimum absolute atomic E-state index is 0.0261. The summed E-state index contributed by atoms with van der Waals surface area (Å²) in [6, 6.07) is 8.67. The van der Waals surface area contributed by atoms with Gasteiger partial charge in [-0.3, -0.25) is 14.6 Å². The highest BCUT2D eigenvalue weighted by Crippen LogP contribution is 2.34. The Labute approximate surface area is 254 Å². The third-order valence-electron chi connectivity index (χ3n) is 7.84. The number of amides is 1. The van der Waals surface area contributed by atoms with E-state index >= 15 is 0 Å². The van der Waals surface area contributed by atoms with Crippen LogP contribution >= 0.6 is 11.9 Å². The van der Waals surface area contributed by atoms with E-state index in [1.54, 1.807) is 25.1 Å². The van der Waals surface area contributed by atoms with E-state index in [9.17, 15) is 31.5 Å². The van der Waals surface area contributed by atoms with Crippen LogP contribution in [0.3, 0.4) is 0 Å². The smallest absolute Gasteiger partial charge is 0.274 e. The first-order valence-electron chi connectivity index (χ1n) is 14.2. The molecule has 1 aliphatic rings. The molecule has 0 radical (unpaired) electrons. The molecule has 1 fully saturated rings. The Bertz CT molecular complexity index is 1720. The van der Waals surface area contributed by atoms with Gasteiger partial charge in [0.25, 0.3) is 5.56 Å². The SMILES string of the molecule is CCN(CC(=O)N(Cc1ccc(C2CCCCC2)cn1)c1ccc2c(=O)n(C)ncc2c1)Sc1c(F)c(F)c(F)c(F)c1F. The summed E-state index contributed by atoms with van der Waals surface area (Å²) in [7, 11) is 1.52. The molecule has 4 aromatic rings. The van der Waals surface area contributed by atoms with Gasteiger partial charge in [-0.1, -0.05) is 32.3 Å². The number of pyridine rings is 1. The van der Waals surface area contributed by atoms with Gasteiger partial charge in [-0.25, -0.2) is 30.9 Å². The molecule has 0 saturated heterocycles. The van der Waals surface area contributed by atoms with Crippen LogP contribution in [0.25, 0.3) is 10.8 Å². The number of likely N-dealkylation sites (N-methyl/N-ethyl adjacent to an activating group) is 1. The second-order valence-corrected chi connectivity index (χ2v) is 11.8. The number of hydrogen-bond acceptors (Lipinski definition) is 6. The van der Waals surface area contributed by atoms with Gasteiger partial charge >= 0.3 is 0 Å². The van der Waals surface area contributed by atoms with Crippen LogP contribution in [0.1, 0.15) is 56.2 Å². The average Bonchev–Trinajstić information content (AvgIpc) is 3.05. The normalized spacial score (nSPS) is 14.0. The third kappa shape index (κ3) is 6.48. The summed E-state index contributed by atoms with van der Waals surface area (Å²) in [4.78, 5) is 31.3. The van der Waals surface area contributed by atoms with Gasteiger partial charge in [0.15, 0.2) is 23.3 Å². The van der Waals surface area contributed by atoms with E-state index in [1.807, 2.05) is 18.3 Å². The minimum Gasteiger partial charge on any atom is -0.305 e. The van der Waals surface area contributed by atoms with E-state index in [0.29, 0.717) is 28.1 Å². The Kier molecular flexibility index (Phi) is 9.64. The van der Waals surface area contributed by atoms with Crippen molar-refractivity contribution in [2.45, 2.75) is 56.4 Å². The second-order valence-electron chi connectivity index (χ2n) is 10.7. The lowest BCUT2D eigenvalue weighted by molar-refractivity contribution is -0.118. The number of halogens is 5. The van der Waals surface area contributed by atoms with Crippen molar-refractivity contribution < 1.29 is 26.7 Å². The van der Waals surface area contributed by atoms with E-state index in [2.05, 4.69) is 10.1 Å². The van der Waals surface area contributed by atoms with Crippen molar-refractivity contribution in [2.75, 3.05) is 18.0 Å². The molecule has 0 spiro atoms. The van der Waals surface area contributed by atoms with Crippen molar-refractivity contribution in [1.29, 1.82) is 0 Å². The maximum Gasteiger partial charge on any atom is 0.274 e. The number of rotatable bonds is 9. The molecule has 0 N–H and O–H groups in total. The summed E-state index contributed by atoms with van der Waals surface area (Å²) in [6.45, 7) is 1.21. The number of anilines is 1. The van der Waals surface area contributed by atoms with E-state index < -0.39 is 46.4 Å². The van der Waals surface area contributed by atoms with E-state index in [0.717, 1.165) is 18.4 Å². The molecule has 2 aromatic carbocycles. The van der Waals surface area contributed by atoms with Crippen LogP contribution in [-0.4, -0.2) is 38.1 Å². The standard InChI is InChI=1S/C31H30F5N5O2S/c1-3-40(44-30-28(35)26(33)25(32)27(34)29(30)36)17-24(42)41(22-11-12-23-20(13-22)15-38-39(2)31(23)43)16-21-10-9-19(14-37-21)18-7-5-4-6-8-18/h9-15,18H,3-8,16-17H2,1-2H3. The quantitative estimate of drug-likeness (QED) is 0.0894. The first-order chi connectivity index (χ1) is 21.1. The molecule has 1 aliphatic carbocycles. The van der Waals surface area contributed by atoms with Crippen molar-refractivity contribution in [2.24, 2.45) is 7.05 Å². The second kappa shape index (κ2) is 13.4. The van der Waals surface area contributed by atoms with Gasteiger partial charge < -0.3 is 4.90 Å². The summed E-state index contributed by atoms with van der Waals surface area (Å²) in [5.41, 5.74) is 1.81. The van der Waals surface area contributed by atoms with Crippen molar-refractivity contribution in [3.05, 3.63) is 93.4 Å². The van der Waals surface area contributed by atoms with E-state index in [1.165, 1.54) is 46.4 Å². The fraction of sp³-hybridized carbons (Fsp3) is 0.355. The summed E-state index contributed by atoms with van der Waals surface area (Å²) in [5.74, 6) is -10.4. The Hall–Kier alpha value is -3.84. The average molecular weight is 632 g/mol. The molecule has 0 aliphatic heterocycles. The molecule has 44 heavy (non-hydrogen) atoms. The van der Waals surface area contributed by atoms with Gasteiger partial charge in [-0.2, -0.15) is 5.10 Å². The molecule has 1 amide bonds. The third-order valence-corrected chi connectivity index (χ3v) is 9.03. The van der Waals surface area contributed by atoms with Gasteiger partial charge in [-0.15, -0.1) is 0 Å². The summed E-state index contributed by atoms with van der Waals surface area (Å²) >= 11 is 0.270. The van der Waals surface area contributed by atoms with Crippen LogP contribution in [0.5, 0.6) is 0 Å². The summed E-state index contributed by atoms with van der Waals surface area (Å²) in [5, 5.41) is 4.94. The zero-order valence-electron chi connectivity index (χ0n) is 24.1. The predicted molar refractivity (Wildman–Crippen MR) is 158 cm³/mol. The Morgan fingerprint density at radius 1 is 0.955 bits per heavy atom. The van der Waals surface area contributed by atoms with Gasteiger partial charge in [0.1, 0.15) is 4.90 Å². The molecule has 0 unspecified atom stereocenters. The lowest BCUT2D eigenvalue weighted by Gasteiger charge is -2.27. The number of fused-ring (bicyclic) bond motifs is 1. The van der Waals surface area contributed by atoms with Crippen LogP contribution < -0.4 is 10.5 Å². The summed E-state index contributed by atoms with van der Waals surface area (Å²) in [6.07, 6.45) is 9.09. The monoisotopic (exact) mass is 631 g/mol. The highest BCUT2D eigenvalue weighted by atomic mass is 32.2. The molecule has 5 rings (SSSR count). The fourth-order valence-electron chi connectivity index (χ4n) is 5.33. The zero-order valence-corrected chi connectivity index (χ0v) is 24.9. The number of aryl methyl sites for hydroxylation is 1. The topological polar surface area (TPSA) is 71.3 Å². The lowest BCUT2D eigenvalue weighted by Crippen LogP contribution is -2.38. The molecule has 2 heterocycles. The Morgan fingerprint density at radius 2 is 1.64 bits per heavy atom. The van der Waals surface area contributed by atoms with Crippen molar-refractivity contribution >= 4 is 34.3 Å². The van der Waals surface area contributed by atoms with Crippen molar-refractivity contribution in [1.82, 2.24) is 19.1 Å². The molecule has 7 nitrogen and oxygen atoms in total. The van der Waals surface area contributed by atoms with Crippen LogP contribution in [0.15, 0.2) is 52.4 Å². The predicted octanol–water partition coefficient (Wildman–Crippen LogP) is 6.63. The molecular formula is C31H30F5N5O2S. The van der Waals surface area contributed by atoms with E-state index in [4.69, 9.17) is 0 Å². The number of nitrogens with zero attached hydrogens (tertiary/aromatic N) is 5. The Balaban J connectivity index is 1.45. The number of carbonyl (C=O) groups excluding carboxylic acids is 1. The molecule has 0 bridgehead atoms.